The summed E-state index contributed by atoms with van der Waals surface area (Å²) in [6.45, 7) is 2.62. The van der Waals surface area contributed by atoms with Crippen LogP contribution in [-0.4, -0.2) is 30.6 Å². The molecule has 3 N–H and O–H groups in total. The molecule has 0 spiro atoms. The zero-order valence-corrected chi connectivity index (χ0v) is 9.89. The summed E-state index contributed by atoms with van der Waals surface area (Å²) in [6, 6.07) is 0. The first kappa shape index (κ1) is 13.0. The van der Waals surface area contributed by atoms with E-state index in [2.05, 4.69) is 10.2 Å². The van der Waals surface area contributed by atoms with Crippen LogP contribution in [0.15, 0.2) is 18.6 Å². The van der Waals surface area contributed by atoms with Crippen LogP contribution in [0, 0.1) is 0 Å². The van der Waals surface area contributed by atoms with Crippen molar-refractivity contribution in [2.75, 3.05) is 5.73 Å². The average Bonchev–Trinajstić information content (AvgIpc) is 2.83. The van der Waals surface area contributed by atoms with Gasteiger partial charge in [-0.2, -0.15) is 10.2 Å². The van der Waals surface area contributed by atoms with Crippen molar-refractivity contribution < 1.29 is 9.90 Å². The Labute approximate surface area is 103 Å². The first-order chi connectivity index (χ1) is 7.61. The van der Waals surface area contributed by atoms with Gasteiger partial charge in [0.1, 0.15) is 0 Å². The molecule has 2 rings (SSSR count). The number of anilines is 1. The summed E-state index contributed by atoms with van der Waals surface area (Å²) in [4.78, 5) is 10.7. The van der Waals surface area contributed by atoms with Gasteiger partial charge >= 0.3 is 5.97 Å². The summed E-state index contributed by atoms with van der Waals surface area (Å²) < 4.78 is 3.01. The van der Waals surface area contributed by atoms with Gasteiger partial charge in [-0.05, 0) is 6.92 Å². The molecule has 0 aliphatic carbocycles. The van der Waals surface area contributed by atoms with E-state index in [4.69, 9.17) is 10.8 Å². The second-order valence-electron chi connectivity index (χ2n) is 3.24. The number of hydrogen-bond donors (Lipinski definition) is 2. The van der Waals surface area contributed by atoms with E-state index in [1.54, 1.807) is 10.9 Å². The Hall–Kier alpha value is -2.02. The fourth-order valence-electron chi connectivity index (χ4n) is 1.32. The lowest BCUT2D eigenvalue weighted by Crippen LogP contribution is -2.01. The molecule has 0 bridgehead atoms. The molecule has 2 aromatic heterocycles. The third-order valence-electron chi connectivity index (χ3n) is 2.14. The van der Waals surface area contributed by atoms with E-state index in [1.807, 2.05) is 6.92 Å². The van der Waals surface area contributed by atoms with Gasteiger partial charge in [0.25, 0.3) is 0 Å². The summed E-state index contributed by atoms with van der Waals surface area (Å²) >= 11 is 0. The molecule has 0 aliphatic heterocycles. The van der Waals surface area contributed by atoms with Crippen LogP contribution in [0.2, 0.25) is 0 Å². The van der Waals surface area contributed by atoms with Gasteiger partial charge in [0, 0.05) is 12.7 Å². The number of carboxylic acids is 1. The van der Waals surface area contributed by atoms with Crippen LogP contribution in [-0.2, 0) is 6.54 Å². The van der Waals surface area contributed by atoms with E-state index in [1.165, 1.54) is 17.1 Å². The zero-order chi connectivity index (χ0) is 11.7. The van der Waals surface area contributed by atoms with Crippen molar-refractivity contribution in [1.82, 2.24) is 19.6 Å². The lowest BCUT2D eigenvalue weighted by molar-refractivity contribution is 0.0697. The summed E-state index contributed by atoms with van der Waals surface area (Å²) in [5.74, 6) is -0.589. The van der Waals surface area contributed by atoms with Crippen molar-refractivity contribution in [1.29, 1.82) is 0 Å². The molecule has 92 valence electrons. The highest BCUT2D eigenvalue weighted by molar-refractivity contribution is 5.87. The molecule has 2 aromatic rings. The first-order valence-electron chi connectivity index (χ1n) is 4.73. The minimum absolute atomic E-state index is 0. The molecule has 7 nitrogen and oxygen atoms in total. The molecular weight excluding hydrogens is 246 g/mol. The number of aryl methyl sites for hydroxylation is 1. The van der Waals surface area contributed by atoms with Crippen LogP contribution in [0.3, 0.4) is 0 Å². The van der Waals surface area contributed by atoms with Crippen molar-refractivity contribution in [3.05, 3.63) is 24.2 Å². The maximum Gasteiger partial charge on any atom is 0.338 e. The first-order valence-corrected chi connectivity index (χ1v) is 4.73. The Balaban J connectivity index is 0.00000144. The predicted molar refractivity (Wildman–Crippen MR) is 63.6 cm³/mol. The quantitative estimate of drug-likeness (QED) is 0.847. The monoisotopic (exact) mass is 257 g/mol. The molecular formula is C9H12ClN5O2. The van der Waals surface area contributed by atoms with Gasteiger partial charge in [0.15, 0.2) is 5.82 Å². The lowest BCUT2D eigenvalue weighted by Gasteiger charge is -1.96. The average molecular weight is 258 g/mol. The molecule has 0 saturated heterocycles. The van der Waals surface area contributed by atoms with Gasteiger partial charge in [-0.1, -0.05) is 0 Å². The van der Waals surface area contributed by atoms with Crippen LogP contribution in [0.4, 0.5) is 5.69 Å². The number of carboxylic acid groups (broad SMARTS) is 1. The minimum Gasteiger partial charge on any atom is -0.478 e. The summed E-state index contributed by atoms with van der Waals surface area (Å²) in [7, 11) is 0. The molecule has 0 aliphatic rings. The SMILES string of the molecule is CCn1cc(N)c(-n2cc(C(=O)O)cn2)n1.Cl. The Kier molecular flexibility index (Phi) is 3.74. The summed E-state index contributed by atoms with van der Waals surface area (Å²) in [6.07, 6.45) is 4.31. The lowest BCUT2D eigenvalue weighted by atomic mass is 10.4. The number of halogens is 1. The normalized spacial score (nSPS) is 9.94. The number of aromatic carboxylic acids is 1. The van der Waals surface area contributed by atoms with Crippen LogP contribution < -0.4 is 5.73 Å². The number of nitrogens with two attached hydrogens (primary N) is 1. The number of nitrogen functional groups attached to an aromatic ring is 1. The summed E-state index contributed by atoms with van der Waals surface area (Å²) in [5.41, 5.74) is 6.31. The van der Waals surface area contributed by atoms with Crippen molar-refractivity contribution in [3.63, 3.8) is 0 Å². The molecule has 2 heterocycles. The molecule has 8 heteroatoms. The maximum atomic E-state index is 10.7. The van der Waals surface area contributed by atoms with Crippen LogP contribution >= 0.6 is 12.4 Å². The third-order valence-corrected chi connectivity index (χ3v) is 2.14. The number of aromatic nitrogens is 4. The predicted octanol–water partition coefficient (Wildman–Crippen LogP) is 0.791. The van der Waals surface area contributed by atoms with E-state index in [0.717, 1.165) is 0 Å². The smallest absolute Gasteiger partial charge is 0.338 e. The highest BCUT2D eigenvalue weighted by atomic mass is 35.5. The molecule has 0 fully saturated rings. The van der Waals surface area contributed by atoms with E-state index < -0.39 is 5.97 Å². The van der Waals surface area contributed by atoms with Crippen LogP contribution in [0.5, 0.6) is 0 Å². The fourth-order valence-corrected chi connectivity index (χ4v) is 1.32. The number of nitrogens with zero attached hydrogens (tertiary/aromatic N) is 4. The largest absolute Gasteiger partial charge is 0.478 e. The minimum atomic E-state index is -1.03. The van der Waals surface area contributed by atoms with Gasteiger partial charge in [-0.25, -0.2) is 9.48 Å². The fraction of sp³-hybridized carbons (Fsp3) is 0.222. The van der Waals surface area contributed by atoms with Gasteiger partial charge in [-0.15, -0.1) is 12.4 Å². The molecule has 0 radical (unpaired) electrons. The van der Waals surface area contributed by atoms with E-state index in [9.17, 15) is 4.79 Å². The number of hydrogen-bond acceptors (Lipinski definition) is 4. The number of carbonyl (C=O) groups is 1. The Bertz CT molecular complexity index is 533. The van der Waals surface area contributed by atoms with Gasteiger partial charge in [-0.3, -0.25) is 4.68 Å². The van der Waals surface area contributed by atoms with Gasteiger partial charge < -0.3 is 10.8 Å². The van der Waals surface area contributed by atoms with Crippen molar-refractivity contribution in [3.8, 4) is 5.82 Å². The highest BCUT2D eigenvalue weighted by Crippen LogP contribution is 2.14. The molecule has 0 unspecified atom stereocenters. The zero-order valence-electron chi connectivity index (χ0n) is 9.07. The van der Waals surface area contributed by atoms with Gasteiger partial charge in [0.05, 0.1) is 23.6 Å². The van der Waals surface area contributed by atoms with Crippen LogP contribution in [0.1, 0.15) is 17.3 Å². The van der Waals surface area contributed by atoms with Gasteiger partial charge in [0.2, 0.25) is 0 Å². The molecule has 0 saturated carbocycles. The molecule has 17 heavy (non-hydrogen) atoms. The van der Waals surface area contributed by atoms with E-state index in [0.29, 0.717) is 18.1 Å². The maximum absolute atomic E-state index is 10.7. The van der Waals surface area contributed by atoms with Crippen molar-refractivity contribution in [2.45, 2.75) is 13.5 Å². The standard InChI is InChI=1S/C9H11N5O2.ClH/c1-2-13-5-7(10)8(12-13)14-4-6(3-11-14)9(15)16;/h3-5H,2,10H2,1H3,(H,15,16);1H. The molecule has 0 atom stereocenters. The Morgan fingerprint density at radius 2 is 2.24 bits per heavy atom. The Morgan fingerprint density at radius 3 is 2.71 bits per heavy atom. The molecule has 0 amide bonds. The molecule has 0 aromatic carbocycles. The van der Waals surface area contributed by atoms with Crippen LogP contribution in [0.25, 0.3) is 5.82 Å². The van der Waals surface area contributed by atoms with Crippen molar-refractivity contribution in [2.24, 2.45) is 0 Å². The number of rotatable bonds is 3. The van der Waals surface area contributed by atoms with Crippen molar-refractivity contribution >= 4 is 24.1 Å². The third kappa shape index (κ3) is 2.39. The highest BCUT2D eigenvalue weighted by Gasteiger charge is 2.11. The summed E-state index contributed by atoms with van der Waals surface area (Å²) in [5, 5.41) is 16.8. The second kappa shape index (κ2) is 4.88. The van der Waals surface area contributed by atoms with E-state index in [-0.39, 0.29) is 18.0 Å². The Morgan fingerprint density at radius 1 is 1.53 bits per heavy atom. The topological polar surface area (TPSA) is 99.0 Å². The van der Waals surface area contributed by atoms with E-state index >= 15 is 0 Å². The second-order valence-corrected chi connectivity index (χ2v) is 3.24.